The van der Waals surface area contributed by atoms with Crippen LogP contribution >= 0.6 is 0 Å². The van der Waals surface area contributed by atoms with Crippen molar-refractivity contribution in [2.45, 2.75) is 109 Å². The second kappa shape index (κ2) is 15.8. The highest BCUT2D eigenvalue weighted by molar-refractivity contribution is 5.91. The Morgan fingerprint density at radius 1 is 0.785 bits per heavy atom. The average molecular weight is 888 g/mol. The summed E-state index contributed by atoms with van der Waals surface area (Å²) >= 11 is 0. The number of likely N-dealkylation sites (tertiary alicyclic amines) is 1. The second-order valence-electron chi connectivity index (χ2n) is 19.8. The van der Waals surface area contributed by atoms with Crippen molar-refractivity contribution in [2.75, 3.05) is 14.2 Å². The van der Waals surface area contributed by atoms with Gasteiger partial charge in [0.2, 0.25) is 5.91 Å². The van der Waals surface area contributed by atoms with Gasteiger partial charge in [-0.25, -0.2) is 19.6 Å². The third-order valence-electron chi connectivity index (χ3n) is 15.2. The third-order valence-corrected chi connectivity index (χ3v) is 15.2. The monoisotopic (exact) mass is 887 g/mol. The van der Waals surface area contributed by atoms with Gasteiger partial charge in [0.15, 0.2) is 5.78 Å². The first-order chi connectivity index (χ1) is 31.1. The number of hydrogen-bond donors (Lipinski definition) is 4. The van der Waals surface area contributed by atoms with E-state index >= 15 is 8.78 Å². The maximum Gasteiger partial charge on any atom is 0.407 e. The van der Waals surface area contributed by atoms with Gasteiger partial charge in [0.1, 0.15) is 17.7 Å². The fourth-order valence-corrected chi connectivity index (χ4v) is 11.6. The van der Waals surface area contributed by atoms with Crippen LogP contribution in [0.15, 0.2) is 60.8 Å². The number of rotatable bonds is 11. The highest BCUT2D eigenvalue weighted by Gasteiger charge is 2.57. The van der Waals surface area contributed by atoms with Gasteiger partial charge in [-0.3, -0.25) is 9.59 Å². The van der Waals surface area contributed by atoms with Crippen LogP contribution < -0.4 is 10.6 Å². The van der Waals surface area contributed by atoms with E-state index in [-0.39, 0.29) is 69.9 Å². The SMILES string of the molecule is COC(=O)N[C@H](C(=O)C1CC2(CC2)C[C@@H]1c1ncc(-c2ccc3c(c2)C(F)(F)c2cc(-c4ccc5nc([C@@H]6C7CCC(C7)N6C(=O)[C@@H](NC(=O)OC)C(C)C)[nH]c5c4)ccc2-3)[nH]1)C(C)C. The minimum Gasteiger partial charge on any atom is -0.453 e. The largest absolute Gasteiger partial charge is 0.453 e. The maximum absolute atomic E-state index is 16.7. The van der Waals surface area contributed by atoms with Crippen molar-refractivity contribution in [1.29, 1.82) is 0 Å². The first kappa shape index (κ1) is 42.8. The van der Waals surface area contributed by atoms with E-state index in [0.717, 1.165) is 56.0 Å². The number of aromatic nitrogens is 4. The van der Waals surface area contributed by atoms with Gasteiger partial charge in [-0.2, -0.15) is 8.78 Å². The lowest BCUT2D eigenvalue weighted by atomic mass is 9.84. The number of carbonyl (C=O) groups is 4. The Morgan fingerprint density at radius 2 is 1.42 bits per heavy atom. The van der Waals surface area contributed by atoms with E-state index in [2.05, 4.69) is 20.6 Å². The molecule has 3 heterocycles. The van der Waals surface area contributed by atoms with Gasteiger partial charge in [0.25, 0.3) is 5.92 Å². The molecular weight excluding hydrogens is 833 g/mol. The smallest absolute Gasteiger partial charge is 0.407 e. The molecule has 2 bridgehead atoms. The summed E-state index contributed by atoms with van der Waals surface area (Å²) < 4.78 is 43.0. The van der Waals surface area contributed by atoms with Crippen molar-refractivity contribution >= 4 is 34.9 Å². The van der Waals surface area contributed by atoms with Crippen molar-refractivity contribution in [1.82, 2.24) is 35.5 Å². The summed E-state index contributed by atoms with van der Waals surface area (Å²) in [4.78, 5) is 71.0. The number of aromatic amines is 2. The number of fused-ring (bicyclic) bond motifs is 6. The molecule has 4 fully saturated rings. The molecular formula is C50H55F2N7O6. The lowest BCUT2D eigenvalue weighted by Gasteiger charge is -2.37. The van der Waals surface area contributed by atoms with Crippen LogP contribution in [-0.4, -0.2) is 81.1 Å². The Hall–Kier alpha value is -6.12. The molecule has 5 aromatic rings. The van der Waals surface area contributed by atoms with Gasteiger partial charge in [-0.05, 0) is 115 Å². The number of nitrogens with zero attached hydrogens (tertiary/aromatic N) is 3. The molecule has 3 aromatic carbocycles. The molecule has 3 saturated carbocycles. The van der Waals surface area contributed by atoms with Crippen LogP contribution in [0, 0.1) is 29.1 Å². The van der Waals surface area contributed by atoms with Crippen LogP contribution in [0.2, 0.25) is 0 Å². The first-order valence-corrected chi connectivity index (χ1v) is 22.9. The molecule has 340 valence electrons. The number of amides is 3. The summed E-state index contributed by atoms with van der Waals surface area (Å²) in [6.07, 6.45) is 6.69. The highest BCUT2D eigenvalue weighted by atomic mass is 19.3. The van der Waals surface area contributed by atoms with Crippen molar-refractivity contribution in [3.8, 4) is 33.5 Å². The van der Waals surface area contributed by atoms with E-state index in [1.807, 2.05) is 62.9 Å². The van der Waals surface area contributed by atoms with Gasteiger partial charge in [-0.15, -0.1) is 0 Å². The summed E-state index contributed by atoms with van der Waals surface area (Å²) in [5.41, 5.74) is 4.85. The molecule has 3 amide bonds. The lowest BCUT2D eigenvalue weighted by Crippen LogP contribution is -2.54. The van der Waals surface area contributed by atoms with E-state index < -0.39 is 30.2 Å². The number of piperidine rings is 1. The van der Waals surface area contributed by atoms with Gasteiger partial charge in [-0.1, -0.05) is 58.0 Å². The van der Waals surface area contributed by atoms with Crippen LogP contribution in [0.1, 0.15) is 107 Å². The number of halogens is 2. The molecule has 2 aromatic heterocycles. The molecule has 4 aliphatic carbocycles. The number of Topliss-reactive ketones (excluding diaryl/α,β-unsaturated/α-hetero) is 1. The number of carbonyl (C=O) groups excluding carboxylic acids is 4. The zero-order chi connectivity index (χ0) is 45.7. The topological polar surface area (TPSA) is 171 Å². The van der Waals surface area contributed by atoms with Gasteiger partial charge in [0.05, 0.1) is 49.2 Å². The Morgan fingerprint density at radius 3 is 2.08 bits per heavy atom. The van der Waals surface area contributed by atoms with Crippen LogP contribution in [0.3, 0.4) is 0 Å². The summed E-state index contributed by atoms with van der Waals surface area (Å²) in [5, 5.41) is 5.48. The molecule has 65 heavy (non-hydrogen) atoms. The van der Waals surface area contributed by atoms with Crippen molar-refractivity contribution in [3.05, 3.63) is 83.6 Å². The van der Waals surface area contributed by atoms with Crippen LogP contribution in [0.25, 0.3) is 44.5 Å². The van der Waals surface area contributed by atoms with Crippen LogP contribution in [0.5, 0.6) is 0 Å². The minimum absolute atomic E-state index is 0.0383. The Balaban J connectivity index is 0.896. The van der Waals surface area contributed by atoms with E-state index in [1.165, 1.54) is 20.3 Å². The van der Waals surface area contributed by atoms with E-state index in [4.69, 9.17) is 19.4 Å². The summed E-state index contributed by atoms with van der Waals surface area (Å²) in [5.74, 6) is -2.78. The Kier molecular flexibility index (Phi) is 10.4. The maximum atomic E-state index is 16.7. The number of benzene rings is 3. The standard InChI is InChI=1S/C50H55F2N7O6/c1-24(2)40(57-47(62)64-5)43(60)33-21-49(15-16-49)22-34(33)44-53-23-39(56-44)28-9-13-32-31-12-8-26(18-35(31)50(51,52)36(32)19-28)27-10-14-37-38(20-27)55-45(54-37)42-29-7-11-30(17-29)59(42)46(61)41(25(3)4)58-48(63)65-6/h8-10,12-14,18-20,23-25,29-30,33-34,40-42H,7,11,15-17,21-22H2,1-6H3,(H,53,56)(H,54,55)(H,57,62)(H,58,63)/t29?,30?,33?,34-,40-,41-,42-/m0/s1. The summed E-state index contributed by atoms with van der Waals surface area (Å²) in [6, 6.07) is 14.3. The van der Waals surface area contributed by atoms with Gasteiger partial charge < -0.3 is 35.0 Å². The Labute approximate surface area is 375 Å². The molecule has 3 unspecified atom stereocenters. The first-order valence-electron chi connectivity index (χ1n) is 22.9. The predicted molar refractivity (Wildman–Crippen MR) is 239 cm³/mol. The number of methoxy groups -OCH3 is 2. The molecule has 15 heteroatoms. The van der Waals surface area contributed by atoms with Crippen LogP contribution in [0.4, 0.5) is 18.4 Å². The molecule has 10 rings (SSSR count). The number of alkyl carbamates (subject to hydrolysis) is 2. The number of ether oxygens (including phenoxy) is 2. The molecule has 13 nitrogen and oxygen atoms in total. The van der Waals surface area contributed by atoms with Crippen molar-refractivity contribution < 1.29 is 37.4 Å². The van der Waals surface area contributed by atoms with E-state index in [1.54, 1.807) is 24.4 Å². The molecule has 1 aliphatic heterocycles. The van der Waals surface area contributed by atoms with Crippen molar-refractivity contribution in [2.24, 2.45) is 29.1 Å². The Bertz CT molecular complexity index is 2740. The number of H-pyrrole nitrogens is 2. The highest BCUT2D eigenvalue weighted by Crippen LogP contribution is 2.64. The molecule has 1 saturated heterocycles. The number of imidazole rings is 2. The van der Waals surface area contributed by atoms with Crippen molar-refractivity contribution in [3.63, 3.8) is 0 Å². The number of nitrogens with one attached hydrogen (secondary N) is 4. The average Bonchev–Trinajstić information content (AvgIpc) is 3.95. The quantitative estimate of drug-likeness (QED) is 0.102. The fraction of sp³-hybridized carbons (Fsp3) is 0.480. The molecule has 5 aliphatic rings. The number of ketones is 1. The normalized spacial score (nSPS) is 24.0. The molecule has 1 spiro atoms. The minimum atomic E-state index is -3.28. The third kappa shape index (κ3) is 7.25. The molecule has 0 radical (unpaired) electrons. The van der Waals surface area contributed by atoms with E-state index in [9.17, 15) is 19.2 Å². The molecule has 4 N–H and O–H groups in total. The second-order valence-corrected chi connectivity index (χ2v) is 19.8. The van der Waals surface area contributed by atoms with Gasteiger partial charge in [0, 0.05) is 34.6 Å². The lowest BCUT2D eigenvalue weighted by molar-refractivity contribution is -0.139. The number of hydrogen-bond acceptors (Lipinski definition) is 8. The van der Waals surface area contributed by atoms with E-state index in [0.29, 0.717) is 45.1 Å². The fourth-order valence-electron chi connectivity index (χ4n) is 11.6. The zero-order valence-electron chi connectivity index (χ0n) is 37.5. The molecule has 7 atom stereocenters. The van der Waals surface area contributed by atoms with Crippen LogP contribution in [-0.2, 0) is 25.0 Å². The number of alkyl halides is 2. The summed E-state index contributed by atoms with van der Waals surface area (Å²) in [7, 11) is 2.56. The summed E-state index contributed by atoms with van der Waals surface area (Å²) in [6.45, 7) is 7.58. The van der Waals surface area contributed by atoms with Gasteiger partial charge >= 0.3 is 12.2 Å². The zero-order valence-corrected chi connectivity index (χ0v) is 37.5. The predicted octanol–water partition coefficient (Wildman–Crippen LogP) is 9.40.